The number of alkyl halides is 3. The van der Waals surface area contributed by atoms with Crippen molar-refractivity contribution in [2.75, 3.05) is 6.54 Å². The number of nitrogens with zero attached hydrogens (tertiary/aromatic N) is 5. The minimum atomic E-state index is -4.38. The van der Waals surface area contributed by atoms with Gasteiger partial charge in [0.2, 0.25) is 0 Å². The lowest BCUT2D eigenvalue weighted by atomic mass is 10.1. The number of nitro groups is 1. The molecule has 0 N–H and O–H groups in total. The number of halogens is 3. The van der Waals surface area contributed by atoms with Crippen molar-refractivity contribution in [3.63, 3.8) is 0 Å². The van der Waals surface area contributed by atoms with Crippen molar-refractivity contribution >= 4 is 5.69 Å². The smallest absolute Gasteiger partial charge is 0.293 e. The van der Waals surface area contributed by atoms with E-state index in [1.54, 1.807) is 18.3 Å². The molecular weight excluding hydrogens is 471 g/mol. The Morgan fingerprint density at radius 2 is 1.75 bits per heavy atom. The summed E-state index contributed by atoms with van der Waals surface area (Å²) in [5.74, 6) is 0.405. The van der Waals surface area contributed by atoms with Gasteiger partial charge < -0.3 is 0 Å². The highest BCUT2D eigenvalue weighted by molar-refractivity contribution is 5.62. The van der Waals surface area contributed by atoms with E-state index in [1.165, 1.54) is 24.3 Å². The van der Waals surface area contributed by atoms with Gasteiger partial charge in [-0.05, 0) is 24.3 Å². The van der Waals surface area contributed by atoms with E-state index in [-0.39, 0.29) is 5.69 Å². The number of aromatic nitrogens is 3. The van der Waals surface area contributed by atoms with E-state index in [9.17, 15) is 23.3 Å². The van der Waals surface area contributed by atoms with Gasteiger partial charge in [-0.25, -0.2) is 9.97 Å². The van der Waals surface area contributed by atoms with Crippen LogP contribution in [0.3, 0.4) is 0 Å². The number of hydrogen-bond acceptors (Lipinski definition) is 6. The van der Waals surface area contributed by atoms with Crippen molar-refractivity contribution in [3.05, 3.63) is 106 Å². The third-order valence-corrected chi connectivity index (χ3v) is 6.03. The Labute approximate surface area is 204 Å². The fraction of sp³-hybridized carbons (Fsp3) is 0.192. The van der Waals surface area contributed by atoms with Crippen molar-refractivity contribution in [2.45, 2.75) is 25.7 Å². The highest BCUT2D eigenvalue weighted by Crippen LogP contribution is 2.31. The topological polar surface area (TPSA) is 85.0 Å². The van der Waals surface area contributed by atoms with Gasteiger partial charge in [0.25, 0.3) is 5.69 Å². The molecule has 182 valence electrons. The molecule has 0 spiro atoms. The lowest BCUT2D eigenvalue weighted by Crippen LogP contribution is -2.31. The van der Waals surface area contributed by atoms with Crippen LogP contribution in [0.2, 0.25) is 0 Å². The predicted molar refractivity (Wildman–Crippen MR) is 127 cm³/mol. The minimum absolute atomic E-state index is 0.0167. The summed E-state index contributed by atoms with van der Waals surface area (Å²) < 4.78 is 38.5. The van der Waals surface area contributed by atoms with Gasteiger partial charge >= 0.3 is 6.18 Å². The maximum atomic E-state index is 12.8. The van der Waals surface area contributed by atoms with E-state index < -0.39 is 16.7 Å². The van der Waals surface area contributed by atoms with Gasteiger partial charge in [-0.15, -0.1) is 0 Å². The van der Waals surface area contributed by atoms with Crippen LogP contribution in [-0.4, -0.2) is 31.3 Å². The van der Waals surface area contributed by atoms with Crippen molar-refractivity contribution in [3.8, 4) is 22.6 Å². The van der Waals surface area contributed by atoms with Crippen molar-refractivity contribution in [1.29, 1.82) is 0 Å². The Hall–Kier alpha value is -4.18. The summed E-state index contributed by atoms with van der Waals surface area (Å²) in [6.07, 6.45) is -1.98. The van der Waals surface area contributed by atoms with E-state index >= 15 is 0 Å². The third kappa shape index (κ3) is 5.08. The van der Waals surface area contributed by atoms with Gasteiger partial charge in [-0.3, -0.25) is 20.0 Å². The highest BCUT2D eigenvalue weighted by atomic mass is 19.4. The number of hydrogen-bond donors (Lipinski definition) is 0. The fourth-order valence-corrected chi connectivity index (χ4v) is 4.19. The van der Waals surface area contributed by atoms with Gasteiger partial charge in [0.1, 0.15) is 0 Å². The Kier molecular flexibility index (Phi) is 6.19. The second-order valence-corrected chi connectivity index (χ2v) is 8.52. The molecule has 0 amide bonds. The first kappa shape index (κ1) is 23.6. The molecule has 10 heteroatoms. The normalized spacial score (nSPS) is 13.9. The molecule has 0 radical (unpaired) electrons. The molecule has 0 saturated carbocycles. The number of benzene rings is 2. The molecule has 0 atom stereocenters. The zero-order valence-corrected chi connectivity index (χ0v) is 18.9. The molecule has 5 rings (SSSR count). The van der Waals surface area contributed by atoms with Crippen LogP contribution >= 0.6 is 0 Å². The Balaban J connectivity index is 1.29. The summed E-state index contributed by atoms with van der Waals surface area (Å²) in [5, 5.41) is 11.1. The maximum Gasteiger partial charge on any atom is 0.416 e. The average Bonchev–Trinajstić information content (AvgIpc) is 2.88. The average molecular weight is 491 g/mol. The molecule has 0 fully saturated rings. The number of fused-ring (bicyclic) bond motifs is 1. The van der Waals surface area contributed by atoms with Crippen LogP contribution in [0.5, 0.6) is 0 Å². The van der Waals surface area contributed by atoms with Crippen molar-refractivity contribution in [2.24, 2.45) is 0 Å². The zero-order valence-electron chi connectivity index (χ0n) is 18.9. The minimum Gasteiger partial charge on any atom is -0.293 e. The quantitative estimate of drug-likeness (QED) is 0.263. The first-order valence-electron chi connectivity index (χ1n) is 11.2. The first-order chi connectivity index (χ1) is 17.3. The largest absolute Gasteiger partial charge is 0.416 e. The number of non-ortho nitro benzene ring substituents is 1. The summed E-state index contributed by atoms with van der Waals surface area (Å²) in [5.41, 5.74) is 3.88. The van der Waals surface area contributed by atoms with E-state index in [1.807, 2.05) is 18.2 Å². The third-order valence-electron chi connectivity index (χ3n) is 6.03. The summed E-state index contributed by atoms with van der Waals surface area (Å²) >= 11 is 0. The summed E-state index contributed by atoms with van der Waals surface area (Å²) in [6, 6.07) is 16.9. The molecule has 2 aromatic carbocycles. The monoisotopic (exact) mass is 491 g/mol. The molecule has 1 aliphatic rings. The van der Waals surface area contributed by atoms with Gasteiger partial charge in [0.05, 0.1) is 27.6 Å². The number of nitro benzene ring substituents is 1. The standard InChI is InChI=1S/C26H20F3N5O2/c27-26(28,29)20-9-7-17(8-10-20)25-30-14-19-15-33(12-11-24(19)32-25)16-21-4-2-6-23(31-21)18-3-1-5-22(13-18)34(35)36/h1-10,13-14H,11-12,15-16H2. The van der Waals surface area contributed by atoms with Crippen LogP contribution < -0.4 is 0 Å². The SMILES string of the molecule is O=[N+]([O-])c1cccc(-c2cccc(CN3CCc4nc(-c5ccc(C(F)(F)F)cc5)ncc4C3)n2)c1. The van der Waals surface area contributed by atoms with Gasteiger partial charge in [-0.1, -0.05) is 30.3 Å². The second kappa shape index (κ2) is 9.46. The number of rotatable bonds is 5. The second-order valence-electron chi connectivity index (χ2n) is 8.52. The molecule has 4 aromatic rings. The van der Waals surface area contributed by atoms with Crippen LogP contribution in [0.15, 0.2) is 72.9 Å². The fourth-order valence-electron chi connectivity index (χ4n) is 4.19. The lowest BCUT2D eigenvalue weighted by Gasteiger charge is -2.27. The Bertz CT molecular complexity index is 1420. The number of pyridine rings is 1. The molecule has 2 aromatic heterocycles. The Morgan fingerprint density at radius 1 is 0.972 bits per heavy atom. The molecule has 0 aliphatic carbocycles. The molecule has 0 unspecified atom stereocenters. The molecule has 3 heterocycles. The van der Waals surface area contributed by atoms with Crippen LogP contribution in [0.4, 0.5) is 18.9 Å². The van der Waals surface area contributed by atoms with Crippen LogP contribution in [0, 0.1) is 10.1 Å². The van der Waals surface area contributed by atoms with E-state index in [4.69, 9.17) is 4.98 Å². The highest BCUT2D eigenvalue weighted by Gasteiger charge is 2.30. The lowest BCUT2D eigenvalue weighted by molar-refractivity contribution is -0.384. The Morgan fingerprint density at radius 3 is 2.50 bits per heavy atom. The van der Waals surface area contributed by atoms with Crippen molar-refractivity contribution < 1.29 is 18.1 Å². The van der Waals surface area contributed by atoms with Crippen LogP contribution in [0.1, 0.15) is 22.5 Å². The van der Waals surface area contributed by atoms with E-state index in [2.05, 4.69) is 14.9 Å². The molecule has 36 heavy (non-hydrogen) atoms. The maximum absolute atomic E-state index is 12.8. The summed E-state index contributed by atoms with van der Waals surface area (Å²) in [7, 11) is 0. The molecule has 7 nitrogen and oxygen atoms in total. The van der Waals surface area contributed by atoms with Gasteiger partial charge in [0.15, 0.2) is 5.82 Å². The van der Waals surface area contributed by atoms with Crippen molar-refractivity contribution in [1.82, 2.24) is 19.9 Å². The molecule has 0 saturated heterocycles. The summed E-state index contributed by atoms with van der Waals surface area (Å²) in [6.45, 7) is 1.94. The zero-order chi connectivity index (χ0) is 25.3. The van der Waals surface area contributed by atoms with E-state index in [0.717, 1.165) is 35.6 Å². The van der Waals surface area contributed by atoms with Gasteiger partial charge in [0, 0.05) is 61.1 Å². The van der Waals surface area contributed by atoms with Crippen LogP contribution in [0.25, 0.3) is 22.6 Å². The first-order valence-corrected chi connectivity index (χ1v) is 11.2. The van der Waals surface area contributed by atoms with Crippen LogP contribution in [-0.2, 0) is 25.7 Å². The molecular formula is C26H20F3N5O2. The summed E-state index contributed by atoms with van der Waals surface area (Å²) in [4.78, 5) is 26.6. The molecule has 1 aliphatic heterocycles. The van der Waals surface area contributed by atoms with E-state index in [0.29, 0.717) is 42.2 Å². The predicted octanol–water partition coefficient (Wildman–Crippen LogP) is 5.69. The molecule has 0 bridgehead atoms. The van der Waals surface area contributed by atoms with Gasteiger partial charge in [-0.2, -0.15) is 13.2 Å².